The molecular formula is C16H20ClN3. The Morgan fingerprint density at radius 2 is 2.20 bits per heavy atom. The van der Waals surface area contributed by atoms with Crippen molar-refractivity contribution >= 4 is 22.6 Å². The Labute approximate surface area is 124 Å². The van der Waals surface area contributed by atoms with Crippen molar-refractivity contribution in [3.63, 3.8) is 0 Å². The van der Waals surface area contributed by atoms with Crippen LogP contribution in [0.15, 0.2) is 18.2 Å². The van der Waals surface area contributed by atoms with Gasteiger partial charge in [0.25, 0.3) is 0 Å². The maximum absolute atomic E-state index is 6.12. The van der Waals surface area contributed by atoms with Gasteiger partial charge < -0.3 is 9.88 Å². The molecule has 4 heteroatoms. The quantitative estimate of drug-likeness (QED) is 0.909. The minimum Gasteiger partial charge on any atom is -0.325 e. The van der Waals surface area contributed by atoms with Crippen molar-refractivity contribution in [2.24, 2.45) is 0 Å². The van der Waals surface area contributed by atoms with E-state index in [0.717, 1.165) is 10.5 Å². The fraction of sp³-hybridized carbons (Fsp3) is 0.562. The van der Waals surface area contributed by atoms with Gasteiger partial charge in [-0.05, 0) is 51.3 Å². The predicted octanol–water partition coefficient (Wildman–Crippen LogP) is 3.88. The molecule has 1 aromatic heterocycles. The third-order valence-electron chi connectivity index (χ3n) is 4.83. The number of nitrogens with zero attached hydrogens (tertiary/aromatic N) is 2. The molecule has 0 amide bonds. The number of rotatable bonds is 2. The Morgan fingerprint density at radius 1 is 1.35 bits per heavy atom. The number of halogens is 1. The molecule has 0 saturated carbocycles. The molecule has 3 atom stereocenters. The lowest BCUT2D eigenvalue weighted by atomic mass is 9.88. The number of fused-ring (bicyclic) bond motifs is 3. The van der Waals surface area contributed by atoms with Crippen molar-refractivity contribution in [3.05, 3.63) is 29.0 Å². The predicted molar refractivity (Wildman–Crippen MR) is 82.4 cm³/mol. The summed E-state index contributed by atoms with van der Waals surface area (Å²) in [5, 5.41) is 4.49. The lowest BCUT2D eigenvalue weighted by molar-refractivity contribution is 0.455. The van der Waals surface area contributed by atoms with E-state index >= 15 is 0 Å². The van der Waals surface area contributed by atoms with Crippen LogP contribution in [0.1, 0.15) is 50.9 Å². The summed E-state index contributed by atoms with van der Waals surface area (Å²) in [5.41, 5.74) is 2.24. The van der Waals surface area contributed by atoms with Gasteiger partial charge in [-0.2, -0.15) is 0 Å². The third-order valence-corrected chi connectivity index (χ3v) is 5.06. The topological polar surface area (TPSA) is 29.9 Å². The average Bonchev–Trinajstić information content (AvgIpc) is 3.09. The molecule has 1 N–H and O–H groups in total. The van der Waals surface area contributed by atoms with Gasteiger partial charge >= 0.3 is 0 Å². The van der Waals surface area contributed by atoms with Crippen LogP contribution in [0.2, 0.25) is 5.02 Å². The molecule has 4 rings (SSSR count). The smallest absolute Gasteiger partial charge is 0.114 e. The minimum absolute atomic E-state index is 0.426. The standard InChI is InChI=1S/C16H20ClN3/c1-9(2)20-15-6-3-10(17)7-14(15)19-16(20)12-8-11-4-5-13(12)18-11/h3,6-7,9,11-13,18H,4-5,8H2,1-2H3. The largest absolute Gasteiger partial charge is 0.325 e. The van der Waals surface area contributed by atoms with Crippen LogP contribution in [0.3, 0.4) is 0 Å². The van der Waals surface area contributed by atoms with Gasteiger partial charge in [-0.1, -0.05) is 11.6 Å². The van der Waals surface area contributed by atoms with Crippen LogP contribution >= 0.6 is 11.6 Å². The Bertz CT molecular complexity index is 661. The summed E-state index contributed by atoms with van der Waals surface area (Å²) in [6.07, 6.45) is 3.85. The number of hydrogen-bond acceptors (Lipinski definition) is 2. The molecule has 0 spiro atoms. The number of imidazole rings is 1. The van der Waals surface area contributed by atoms with Crippen LogP contribution in [0, 0.1) is 0 Å². The highest BCUT2D eigenvalue weighted by atomic mass is 35.5. The molecule has 1 aromatic carbocycles. The maximum Gasteiger partial charge on any atom is 0.114 e. The first kappa shape index (κ1) is 12.7. The Balaban J connectivity index is 1.87. The van der Waals surface area contributed by atoms with Gasteiger partial charge in [0.2, 0.25) is 0 Å². The number of benzene rings is 1. The van der Waals surface area contributed by atoms with Crippen molar-refractivity contribution in [2.45, 2.75) is 57.2 Å². The molecule has 2 saturated heterocycles. The number of hydrogen-bond donors (Lipinski definition) is 1. The third kappa shape index (κ3) is 1.80. The second-order valence-corrected chi connectivity index (χ2v) is 6.89. The van der Waals surface area contributed by atoms with E-state index in [2.05, 4.69) is 29.8 Å². The van der Waals surface area contributed by atoms with Crippen molar-refractivity contribution in [1.82, 2.24) is 14.9 Å². The second kappa shape index (κ2) is 4.47. The average molecular weight is 290 g/mol. The van der Waals surface area contributed by atoms with Gasteiger partial charge in [-0.25, -0.2) is 4.98 Å². The van der Waals surface area contributed by atoms with Crippen LogP contribution in [0.4, 0.5) is 0 Å². The first-order valence-electron chi connectivity index (χ1n) is 7.57. The summed E-state index contributed by atoms with van der Waals surface area (Å²) < 4.78 is 2.40. The molecule has 0 aliphatic carbocycles. The lowest BCUT2D eigenvalue weighted by Gasteiger charge is -2.22. The lowest BCUT2D eigenvalue weighted by Crippen LogP contribution is -2.24. The number of nitrogens with one attached hydrogen (secondary N) is 1. The molecule has 2 aromatic rings. The van der Waals surface area contributed by atoms with Gasteiger partial charge in [0.15, 0.2) is 0 Å². The highest BCUT2D eigenvalue weighted by molar-refractivity contribution is 6.31. The van der Waals surface area contributed by atoms with Gasteiger partial charge in [-0.15, -0.1) is 0 Å². The van der Waals surface area contributed by atoms with Crippen LogP contribution in [0.25, 0.3) is 11.0 Å². The maximum atomic E-state index is 6.12. The SMILES string of the molecule is CC(C)n1c(C2CC3CCC2N3)nc2cc(Cl)ccc21. The van der Waals surface area contributed by atoms with E-state index in [0.29, 0.717) is 24.0 Å². The molecule has 2 aliphatic heterocycles. The van der Waals surface area contributed by atoms with E-state index < -0.39 is 0 Å². The molecule has 3 unspecified atom stereocenters. The fourth-order valence-corrected chi connectivity index (χ4v) is 4.17. The molecular weight excluding hydrogens is 270 g/mol. The molecule has 106 valence electrons. The van der Waals surface area contributed by atoms with E-state index in [-0.39, 0.29) is 0 Å². The normalized spacial score (nSPS) is 28.9. The molecule has 20 heavy (non-hydrogen) atoms. The van der Waals surface area contributed by atoms with Crippen LogP contribution in [-0.2, 0) is 0 Å². The van der Waals surface area contributed by atoms with E-state index in [1.807, 2.05) is 12.1 Å². The van der Waals surface area contributed by atoms with E-state index in [9.17, 15) is 0 Å². The Morgan fingerprint density at radius 3 is 2.85 bits per heavy atom. The van der Waals surface area contributed by atoms with Crippen molar-refractivity contribution < 1.29 is 0 Å². The Hall–Kier alpha value is -1.06. The zero-order chi connectivity index (χ0) is 13.9. The molecule has 2 bridgehead atoms. The molecule has 3 heterocycles. The van der Waals surface area contributed by atoms with Crippen LogP contribution in [0.5, 0.6) is 0 Å². The van der Waals surface area contributed by atoms with Crippen molar-refractivity contribution in [1.29, 1.82) is 0 Å². The zero-order valence-electron chi connectivity index (χ0n) is 11.9. The molecule has 2 aliphatic rings. The first-order chi connectivity index (χ1) is 9.63. The highest BCUT2D eigenvalue weighted by Crippen LogP contribution is 2.41. The van der Waals surface area contributed by atoms with Gasteiger partial charge in [0, 0.05) is 29.1 Å². The zero-order valence-corrected chi connectivity index (χ0v) is 12.7. The molecule has 0 radical (unpaired) electrons. The molecule has 2 fully saturated rings. The van der Waals surface area contributed by atoms with Crippen molar-refractivity contribution in [3.8, 4) is 0 Å². The monoisotopic (exact) mass is 289 g/mol. The summed E-state index contributed by atoms with van der Waals surface area (Å²) in [7, 11) is 0. The Kier molecular flexibility index (Phi) is 2.83. The summed E-state index contributed by atoms with van der Waals surface area (Å²) in [5.74, 6) is 1.80. The van der Waals surface area contributed by atoms with Gasteiger partial charge in [-0.3, -0.25) is 0 Å². The second-order valence-electron chi connectivity index (χ2n) is 6.46. The van der Waals surface area contributed by atoms with E-state index in [1.165, 1.54) is 30.6 Å². The van der Waals surface area contributed by atoms with E-state index in [1.54, 1.807) is 0 Å². The van der Waals surface area contributed by atoms with Crippen LogP contribution in [-0.4, -0.2) is 21.6 Å². The highest BCUT2D eigenvalue weighted by Gasteiger charge is 2.42. The number of aromatic nitrogens is 2. The minimum atomic E-state index is 0.426. The van der Waals surface area contributed by atoms with Gasteiger partial charge in [0.05, 0.1) is 11.0 Å². The van der Waals surface area contributed by atoms with Crippen LogP contribution < -0.4 is 5.32 Å². The summed E-state index contributed by atoms with van der Waals surface area (Å²) in [6, 6.07) is 7.80. The summed E-state index contributed by atoms with van der Waals surface area (Å²) in [4.78, 5) is 4.93. The summed E-state index contributed by atoms with van der Waals surface area (Å²) >= 11 is 6.12. The first-order valence-corrected chi connectivity index (χ1v) is 7.94. The summed E-state index contributed by atoms with van der Waals surface area (Å²) in [6.45, 7) is 4.47. The fourth-order valence-electron chi connectivity index (χ4n) is 4.00. The van der Waals surface area contributed by atoms with E-state index in [4.69, 9.17) is 16.6 Å². The molecule has 3 nitrogen and oxygen atoms in total. The van der Waals surface area contributed by atoms with Gasteiger partial charge in [0.1, 0.15) is 5.82 Å². The van der Waals surface area contributed by atoms with Crippen molar-refractivity contribution in [2.75, 3.05) is 0 Å².